The van der Waals surface area contributed by atoms with E-state index in [0.717, 1.165) is 5.69 Å². The third-order valence-electron chi connectivity index (χ3n) is 4.17. The van der Waals surface area contributed by atoms with E-state index in [1.807, 2.05) is 0 Å². The lowest BCUT2D eigenvalue weighted by Gasteiger charge is -2.29. The molecule has 1 saturated heterocycles. The fraction of sp³-hybridized carbons (Fsp3) is 0.619. The smallest absolute Gasteiger partial charge is 0.411 e. The molecule has 0 bridgehead atoms. The number of likely N-dealkylation sites (tertiary alicyclic amines) is 1. The van der Waals surface area contributed by atoms with Gasteiger partial charge in [0, 0.05) is 19.5 Å². The van der Waals surface area contributed by atoms with Crippen LogP contribution in [0.3, 0.4) is 0 Å². The predicted octanol–water partition coefficient (Wildman–Crippen LogP) is 3.41. The summed E-state index contributed by atoms with van der Waals surface area (Å²) < 4.78 is 17.0. The summed E-state index contributed by atoms with van der Waals surface area (Å²) in [6, 6.07) is 4.52. The molecule has 1 aliphatic heterocycles. The molecule has 8 nitrogen and oxygen atoms in total. The minimum atomic E-state index is -0.772. The zero-order valence-corrected chi connectivity index (χ0v) is 18.4. The van der Waals surface area contributed by atoms with E-state index in [0.29, 0.717) is 17.9 Å². The molecule has 29 heavy (non-hydrogen) atoms. The van der Waals surface area contributed by atoms with E-state index in [-0.39, 0.29) is 12.6 Å². The highest BCUT2D eigenvalue weighted by Crippen LogP contribution is 2.30. The first-order valence-corrected chi connectivity index (χ1v) is 9.75. The maximum absolute atomic E-state index is 12.7. The number of ether oxygens (including phenoxy) is 3. The molecule has 1 fully saturated rings. The van der Waals surface area contributed by atoms with Crippen molar-refractivity contribution >= 4 is 23.4 Å². The van der Waals surface area contributed by atoms with Crippen LogP contribution in [0.25, 0.3) is 0 Å². The Hall–Kier alpha value is -2.64. The average molecular weight is 408 g/mol. The molecule has 3 N–H and O–H groups in total. The van der Waals surface area contributed by atoms with Crippen molar-refractivity contribution in [1.29, 1.82) is 0 Å². The van der Waals surface area contributed by atoms with Crippen LogP contribution in [-0.4, -0.2) is 53.9 Å². The summed E-state index contributed by atoms with van der Waals surface area (Å²) in [6.45, 7) is 10.9. The SMILES string of the molecule is CNc1cc(O[C@@H]2C[C@H](C(=O)OC(C)(C)C)N(C(=O)OC(C)(C)C)C2)ccc1N. The number of nitrogens with zero attached hydrogens (tertiary/aromatic N) is 1. The van der Waals surface area contributed by atoms with Gasteiger partial charge in [-0.1, -0.05) is 0 Å². The van der Waals surface area contributed by atoms with Gasteiger partial charge in [0.2, 0.25) is 0 Å². The normalized spacial score (nSPS) is 19.6. The third kappa shape index (κ3) is 6.44. The van der Waals surface area contributed by atoms with Gasteiger partial charge in [-0.3, -0.25) is 4.90 Å². The molecule has 162 valence electrons. The number of nitrogens with one attached hydrogen (secondary N) is 1. The van der Waals surface area contributed by atoms with E-state index in [1.54, 1.807) is 66.8 Å². The van der Waals surface area contributed by atoms with Crippen LogP contribution in [-0.2, 0) is 14.3 Å². The van der Waals surface area contributed by atoms with Crippen molar-refractivity contribution in [2.75, 3.05) is 24.6 Å². The Morgan fingerprint density at radius 1 is 1.10 bits per heavy atom. The van der Waals surface area contributed by atoms with Gasteiger partial charge in [0.15, 0.2) is 0 Å². The van der Waals surface area contributed by atoms with Gasteiger partial charge in [-0.25, -0.2) is 9.59 Å². The fourth-order valence-electron chi connectivity index (χ4n) is 3.02. The topological polar surface area (TPSA) is 103 Å². The minimum absolute atomic E-state index is 0.220. The van der Waals surface area contributed by atoms with E-state index >= 15 is 0 Å². The molecule has 0 aromatic heterocycles. The summed E-state index contributed by atoms with van der Waals surface area (Å²) >= 11 is 0. The number of carbonyl (C=O) groups is 2. The summed E-state index contributed by atoms with van der Waals surface area (Å²) in [5, 5.41) is 3.00. The molecule has 1 amide bonds. The Balaban J connectivity index is 2.19. The maximum Gasteiger partial charge on any atom is 0.411 e. The van der Waals surface area contributed by atoms with Crippen LogP contribution in [0.4, 0.5) is 16.2 Å². The van der Waals surface area contributed by atoms with Gasteiger partial charge in [-0.2, -0.15) is 0 Å². The molecule has 8 heteroatoms. The van der Waals surface area contributed by atoms with Crippen LogP contribution in [0, 0.1) is 0 Å². The van der Waals surface area contributed by atoms with Crippen LogP contribution >= 0.6 is 0 Å². The molecular weight excluding hydrogens is 374 g/mol. The van der Waals surface area contributed by atoms with Crippen LogP contribution in [0.15, 0.2) is 18.2 Å². The quantitative estimate of drug-likeness (QED) is 0.582. The van der Waals surface area contributed by atoms with E-state index in [4.69, 9.17) is 19.9 Å². The number of hydrogen-bond acceptors (Lipinski definition) is 7. The second-order valence-electron chi connectivity index (χ2n) is 9.16. The maximum atomic E-state index is 12.7. The summed E-state index contributed by atoms with van der Waals surface area (Å²) in [6.07, 6.45) is -0.631. The van der Waals surface area contributed by atoms with Crippen molar-refractivity contribution in [3.8, 4) is 5.75 Å². The van der Waals surface area contributed by atoms with Gasteiger partial charge in [-0.05, 0) is 53.7 Å². The first-order chi connectivity index (χ1) is 13.3. The van der Waals surface area contributed by atoms with Crippen LogP contribution < -0.4 is 15.8 Å². The lowest BCUT2D eigenvalue weighted by Crippen LogP contribution is -2.45. The lowest BCUT2D eigenvalue weighted by molar-refractivity contribution is -0.160. The molecule has 2 atom stereocenters. The number of nitrogen functional groups attached to an aromatic ring is 1. The number of benzene rings is 1. The second-order valence-corrected chi connectivity index (χ2v) is 9.16. The first kappa shape index (κ1) is 22.6. The molecule has 1 aliphatic rings. The van der Waals surface area contributed by atoms with Crippen molar-refractivity contribution in [2.24, 2.45) is 0 Å². The number of anilines is 2. The number of esters is 1. The van der Waals surface area contributed by atoms with Gasteiger partial charge in [0.1, 0.15) is 29.1 Å². The number of rotatable bonds is 4. The van der Waals surface area contributed by atoms with Crippen LogP contribution in [0.5, 0.6) is 5.75 Å². The van der Waals surface area contributed by atoms with Crippen LogP contribution in [0.2, 0.25) is 0 Å². The third-order valence-corrected chi connectivity index (χ3v) is 4.17. The van der Waals surface area contributed by atoms with Crippen LogP contribution in [0.1, 0.15) is 48.0 Å². The van der Waals surface area contributed by atoms with Crippen molar-refractivity contribution < 1.29 is 23.8 Å². The number of amides is 1. The second kappa shape index (κ2) is 8.39. The highest BCUT2D eigenvalue weighted by molar-refractivity contribution is 5.82. The Morgan fingerprint density at radius 2 is 1.72 bits per heavy atom. The Morgan fingerprint density at radius 3 is 2.28 bits per heavy atom. The van der Waals surface area contributed by atoms with Crippen molar-refractivity contribution in [3.63, 3.8) is 0 Å². The molecule has 0 unspecified atom stereocenters. The highest BCUT2D eigenvalue weighted by Gasteiger charge is 2.44. The molecule has 0 radical (unpaired) electrons. The van der Waals surface area contributed by atoms with Crippen molar-refractivity contribution in [1.82, 2.24) is 4.90 Å². The van der Waals surface area contributed by atoms with E-state index in [2.05, 4.69) is 5.32 Å². The fourth-order valence-corrected chi connectivity index (χ4v) is 3.02. The van der Waals surface area contributed by atoms with Gasteiger partial charge in [0.05, 0.1) is 17.9 Å². The summed E-state index contributed by atoms with van der Waals surface area (Å²) in [5.41, 5.74) is 5.92. The molecular formula is C21H33N3O5. The summed E-state index contributed by atoms with van der Waals surface area (Å²) in [5.74, 6) is 0.130. The largest absolute Gasteiger partial charge is 0.488 e. The highest BCUT2D eigenvalue weighted by atomic mass is 16.6. The van der Waals surface area contributed by atoms with Crippen molar-refractivity contribution in [3.05, 3.63) is 18.2 Å². The lowest BCUT2D eigenvalue weighted by atomic mass is 10.1. The molecule has 0 saturated carbocycles. The van der Waals surface area contributed by atoms with Gasteiger partial charge >= 0.3 is 12.1 Å². The monoisotopic (exact) mass is 407 g/mol. The zero-order valence-electron chi connectivity index (χ0n) is 18.4. The summed E-state index contributed by atoms with van der Waals surface area (Å²) in [4.78, 5) is 26.8. The first-order valence-electron chi connectivity index (χ1n) is 9.75. The molecule has 0 aliphatic carbocycles. The summed E-state index contributed by atoms with van der Waals surface area (Å²) in [7, 11) is 1.77. The van der Waals surface area contributed by atoms with Crippen molar-refractivity contribution in [2.45, 2.75) is 71.3 Å². The van der Waals surface area contributed by atoms with Gasteiger partial charge < -0.3 is 25.3 Å². The van der Waals surface area contributed by atoms with Gasteiger partial charge in [0.25, 0.3) is 0 Å². The molecule has 2 rings (SSSR count). The zero-order chi connectivity index (χ0) is 22.0. The van der Waals surface area contributed by atoms with E-state index in [1.165, 1.54) is 4.90 Å². The molecule has 1 aromatic carbocycles. The Kier molecular flexibility index (Phi) is 6.55. The van der Waals surface area contributed by atoms with Gasteiger partial charge in [-0.15, -0.1) is 0 Å². The molecule has 1 heterocycles. The Labute approximate surface area is 172 Å². The van der Waals surface area contributed by atoms with E-state index in [9.17, 15) is 9.59 Å². The standard InChI is InChI=1S/C21H33N3O5/c1-20(2,3)28-18(25)17-11-14(12-24(17)19(26)29-21(4,5)6)27-13-8-9-15(22)16(10-13)23-7/h8-10,14,17,23H,11-12,22H2,1-7H3/t14-,17-/m1/s1. The minimum Gasteiger partial charge on any atom is -0.488 e. The molecule has 0 spiro atoms. The number of hydrogen-bond donors (Lipinski definition) is 2. The predicted molar refractivity (Wildman–Crippen MR) is 112 cm³/mol. The number of carbonyl (C=O) groups excluding carboxylic acids is 2. The average Bonchev–Trinajstić information content (AvgIpc) is 2.98. The molecule has 1 aromatic rings. The Bertz CT molecular complexity index is 716. The number of nitrogens with two attached hydrogens (primary N) is 1. The van der Waals surface area contributed by atoms with E-state index < -0.39 is 29.3 Å².